The SMILES string of the molecule is CCOC1=Cc2cnn(Cc3ccccc3)c2C1. The van der Waals surface area contributed by atoms with Crippen molar-refractivity contribution in [3.63, 3.8) is 0 Å². The third-order valence-electron chi connectivity index (χ3n) is 3.14. The van der Waals surface area contributed by atoms with Crippen molar-refractivity contribution < 1.29 is 4.74 Å². The highest BCUT2D eigenvalue weighted by Gasteiger charge is 2.18. The van der Waals surface area contributed by atoms with Crippen LogP contribution < -0.4 is 0 Å². The lowest BCUT2D eigenvalue weighted by Crippen LogP contribution is -2.06. The van der Waals surface area contributed by atoms with Gasteiger partial charge in [-0.3, -0.25) is 4.68 Å². The van der Waals surface area contributed by atoms with E-state index < -0.39 is 0 Å². The van der Waals surface area contributed by atoms with Crippen molar-refractivity contribution in [1.29, 1.82) is 0 Å². The predicted molar refractivity (Wildman–Crippen MR) is 71.1 cm³/mol. The highest BCUT2D eigenvalue weighted by molar-refractivity contribution is 5.59. The summed E-state index contributed by atoms with van der Waals surface area (Å²) in [6, 6.07) is 10.4. The minimum Gasteiger partial charge on any atom is -0.498 e. The first-order valence-corrected chi connectivity index (χ1v) is 6.29. The molecule has 92 valence electrons. The molecule has 0 saturated carbocycles. The van der Waals surface area contributed by atoms with Crippen molar-refractivity contribution in [3.05, 3.63) is 59.1 Å². The Morgan fingerprint density at radius 2 is 2.11 bits per heavy atom. The Balaban J connectivity index is 1.79. The van der Waals surface area contributed by atoms with E-state index in [0.29, 0.717) is 0 Å². The molecule has 0 unspecified atom stereocenters. The molecule has 0 atom stereocenters. The van der Waals surface area contributed by atoms with Crippen LogP contribution in [0.3, 0.4) is 0 Å². The van der Waals surface area contributed by atoms with Crippen LogP contribution in [0, 0.1) is 0 Å². The van der Waals surface area contributed by atoms with Crippen LogP contribution in [0.2, 0.25) is 0 Å². The molecule has 0 aliphatic heterocycles. The van der Waals surface area contributed by atoms with Gasteiger partial charge in [-0.2, -0.15) is 5.10 Å². The Morgan fingerprint density at radius 1 is 1.28 bits per heavy atom. The summed E-state index contributed by atoms with van der Waals surface area (Å²) >= 11 is 0. The van der Waals surface area contributed by atoms with Gasteiger partial charge in [0, 0.05) is 12.0 Å². The topological polar surface area (TPSA) is 27.1 Å². The second-order valence-electron chi connectivity index (χ2n) is 4.41. The van der Waals surface area contributed by atoms with E-state index in [0.717, 1.165) is 25.3 Å². The second kappa shape index (κ2) is 4.69. The average molecular weight is 240 g/mol. The van der Waals surface area contributed by atoms with E-state index in [9.17, 15) is 0 Å². The molecule has 0 fully saturated rings. The van der Waals surface area contributed by atoms with Crippen LogP contribution in [0.25, 0.3) is 6.08 Å². The maximum absolute atomic E-state index is 5.57. The summed E-state index contributed by atoms with van der Waals surface area (Å²) in [6.45, 7) is 3.56. The molecule has 1 aromatic heterocycles. The Bertz CT molecular complexity index is 569. The van der Waals surface area contributed by atoms with Crippen LogP contribution in [-0.2, 0) is 17.7 Å². The van der Waals surface area contributed by atoms with Gasteiger partial charge in [-0.05, 0) is 18.6 Å². The van der Waals surface area contributed by atoms with Crippen LogP contribution in [-0.4, -0.2) is 16.4 Å². The van der Waals surface area contributed by atoms with Gasteiger partial charge in [-0.15, -0.1) is 0 Å². The molecule has 3 heteroatoms. The first-order valence-electron chi connectivity index (χ1n) is 6.29. The van der Waals surface area contributed by atoms with Gasteiger partial charge in [0.2, 0.25) is 0 Å². The lowest BCUT2D eigenvalue weighted by atomic mass is 10.2. The quantitative estimate of drug-likeness (QED) is 0.821. The molecular weight excluding hydrogens is 224 g/mol. The van der Waals surface area contributed by atoms with Crippen LogP contribution in [0.1, 0.15) is 23.7 Å². The zero-order valence-corrected chi connectivity index (χ0v) is 10.5. The number of benzene rings is 1. The molecule has 0 radical (unpaired) electrons. The van der Waals surface area contributed by atoms with Crippen molar-refractivity contribution in [2.45, 2.75) is 19.9 Å². The number of allylic oxidation sites excluding steroid dienone is 1. The molecular formula is C15H16N2O. The van der Waals surface area contributed by atoms with Crippen LogP contribution >= 0.6 is 0 Å². The molecule has 1 aliphatic carbocycles. The normalized spacial score (nSPS) is 13.3. The average Bonchev–Trinajstić information content (AvgIpc) is 2.93. The number of nitrogens with zero attached hydrogens (tertiary/aromatic N) is 2. The highest BCUT2D eigenvalue weighted by Crippen LogP contribution is 2.25. The standard InChI is InChI=1S/C15H16N2O/c1-2-18-14-8-13-10-16-17(15(13)9-14)11-12-6-4-3-5-7-12/h3-8,10H,2,9,11H2,1H3. The summed E-state index contributed by atoms with van der Waals surface area (Å²) in [5.74, 6) is 1.05. The van der Waals surface area contributed by atoms with Gasteiger partial charge in [0.25, 0.3) is 0 Å². The second-order valence-corrected chi connectivity index (χ2v) is 4.41. The molecule has 3 nitrogen and oxygen atoms in total. The zero-order valence-electron chi connectivity index (χ0n) is 10.5. The molecule has 0 N–H and O–H groups in total. The molecule has 3 rings (SSSR count). The molecule has 0 bridgehead atoms. The maximum Gasteiger partial charge on any atom is 0.103 e. The van der Waals surface area contributed by atoms with E-state index in [-0.39, 0.29) is 0 Å². The van der Waals surface area contributed by atoms with Gasteiger partial charge in [-0.1, -0.05) is 30.3 Å². The first-order chi connectivity index (χ1) is 8.86. The van der Waals surface area contributed by atoms with E-state index in [1.807, 2.05) is 19.2 Å². The number of aromatic nitrogens is 2. The summed E-state index contributed by atoms with van der Waals surface area (Å²) < 4.78 is 7.63. The largest absolute Gasteiger partial charge is 0.498 e. The van der Waals surface area contributed by atoms with E-state index in [4.69, 9.17) is 4.74 Å². The number of hydrogen-bond donors (Lipinski definition) is 0. The number of hydrogen-bond acceptors (Lipinski definition) is 2. The Hall–Kier alpha value is -2.03. The molecule has 2 aromatic rings. The molecule has 0 saturated heterocycles. The minimum absolute atomic E-state index is 0.724. The van der Waals surface area contributed by atoms with Crippen molar-refractivity contribution in [2.24, 2.45) is 0 Å². The van der Waals surface area contributed by atoms with Crippen molar-refractivity contribution in [3.8, 4) is 0 Å². The fourth-order valence-electron chi connectivity index (χ4n) is 2.30. The van der Waals surface area contributed by atoms with E-state index in [2.05, 4.69) is 40.1 Å². The number of rotatable bonds is 4. The predicted octanol–water partition coefficient (Wildman–Crippen LogP) is 2.86. The van der Waals surface area contributed by atoms with Crippen molar-refractivity contribution >= 4 is 6.08 Å². The molecule has 0 spiro atoms. The lowest BCUT2D eigenvalue weighted by molar-refractivity contribution is 0.227. The Kier molecular flexibility index (Phi) is 2.89. The fraction of sp³-hybridized carbons (Fsp3) is 0.267. The minimum atomic E-state index is 0.724. The van der Waals surface area contributed by atoms with Gasteiger partial charge in [0.15, 0.2) is 0 Å². The fourth-order valence-corrected chi connectivity index (χ4v) is 2.30. The summed E-state index contributed by atoms with van der Waals surface area (Å²) in [6.07, 6.45) is 4.87. The summed E-state index contributed by atoms with van der Waals surface area (Å²) in [5, 5.41) is 4.44. The van der Waals surface area contributed by atoms with Gasteiger partial charge in [0.05, 0.1) is 25.0 Å². The van der Waals surface area contributed by atoms with Gasteiger partial charge >= 0.3 is 0 Å². The third kappa shape index (κ3) is 2.04. The van der Waals surface area contributed by atoms with Gasteiger partial charge < -0.3 is 4.74 Å². The monoisotopic (exact) mass is 240 g/mol. The van der Waals surface area contributed by atoms with Crippen LogP contribution in [0.5, 0.6) is 0 Å². The van der Waals surface area contributed by atoms with Crippen LogP contribution in [0.4, 0.5) is 0 Å². The van der Waals surface area contributed by atoms with E-state index in [1.54, 1.807) is 0 Å². The first kappa shape index (κ1) is 11.1. The zero-order chi connectivity index (χ0) is 12.4. The molecule has 18 heavy (non-hydrogen) atoms. The molecule has 1 aliphatic rings. The number of fused-ring (bicyclic) bond motifs is 1. The lowest BCUT2D eigenvalue weighted by Gasteiger charge is -2.07. The Labute approximate surface area is 107 Å². The van der Waals surface area contributed by atoms with Gasteiger partial charge in [0.1, 0.15) is 5.76 Å². The highest BCUT2D eigenvalue weighted by atomic mass is 16.5. The molecule has 1 heterocycles. The van der Waals surface area contributed by atoms with Gasteiger partial charge in [-0.25, -0.2) is 0 Å². The third-order valence-corrected chi connectivity index (χ3v) is 3.14. The summed E-state index contributed by atoms with van der Waals surface area (Å²) in [7, 11) is 0. The number of ether oxygens (including phenoxy) is 1. The Morgan fingerprint density at radius 3 is 2.89 bits per heavy atom. The van der Waals surface area contributed by atoms with E-state index in [1.165, 1.54) is 16.8 Å². The molecule has 1 aromatic carbocycles. The van der Waals surface area contributed by atoms with E-state index >= 15 is 0 Å². The van der Waals surface area contributed by atoms with Crippen molar-refractivity contribution in [1.82, 2.24) is 9.78 Å². The molecule has 0 amide bonds. The summed E-state index contributed by atoms with van der Waals surface area (Å²) in [5.41, 5.74) is 3.71. The summed E-state index contributed by atoms with van der Waals surface area (Å²) in [4.78, 5) is 0. The van der Waals surface area contributed by atoms with Crippen molar-refractivity contribution in [2.75, 3.05) is 6.61 Å². The van der Waals surface area contributed by atoms with Crippen LogP contribution in [0.15, 0.2) is 42.3 Å². The smallest absolute Gasteiger partial charge is 0.103 e. The maximum atomic E-state index is 5.57.